The van der Waals surface area contributed by atoms with Crippen molar-refractivity contribution in [1.82, 2.24) is 10.3 Å². The molecule has 1 aromatic carbocycles. The largest absolute Gasteiger partial charge is 0.463 e. The average molecular weight is 584 g/mol. The van der Waals surface area contributed by atoms with Crippen LogP contribution in [0.1, 0.15) is 58.5 Å². The highest BCUT2D eigenvalue weighted by Gasteiger charge is 2.56. The Bertz CT molecular complexity index is 1300. The average Bonchev–Trinajstić information content (AvgIpc) is 3.52. The Morgan fingerprint density at radius 2 is 1.88 bits per heavy atom. The van der Waals surface area contributed by atoms with Gasteiger partial charge in [0.1, 0.15) is 36.8 Å². The van der Waals surface area contributed by atoms with Crippen molar-refractivity contribution in [2.45, 2.75) is 77.9 Å². The van der Waals surface area contributed by atoms with Crippen molar-refractivity contribution in [2.24, 2.45) is 22.1 Å². The molecule has 5 atom stereocenters. The number of carbonyl (C=O) groups excluding carboxylic acids is 3. The summed E-state index contributed by atoms with van der Waals surface area (Å²) in [5.74, 6) is -1.76. The molecule has 0 saturated carbocycles. The topological polar surface area (TPSA) is 189 Å². The maximum absolute atomic E-state index is 13.0. The van der Waals surface area contributed by atoms with Crippen molar-refractivity contribution < 1.29 is 33.7 Å². The molecule has 6 N–H and O–H groups in total. The number of H-pyrrole nitrogens is 1. The molecule has 12 heteroatoms. The van der Waals surface area contributed by atoms with Crippen LogP contribution in [-0.2, 0) is 40.6 Å². The lowest BCUT2D eigenvalue weighted by molar-refractivity contribution is -0.163. The van der Waals surface area contributed by atoms with Crippen molar-refractivity contribution in [3.63, 3.8) is 0 Å². The van der Waals surface area contributed by atoms with Crippen LogP contribution < -0.4 is 11.1 Å². The van der Waals surface area contributed by atoms with E-state index in [4.69, 9.17) is 25.4 Å². The molecule has 2 heterocycles. The summed E-state index contributed by atoms with van der Waals surface area (Å²) in [6.45, 7) is 10.1. The number of nitrogens with two attached hydrogens (primary N) is 1. The highest BCUT2D eigenvalue weighted by atomic mass is 16.6. The molecule has 0 radical (unpaired) electrons. The first kappa shape index (κ1) is 32.6. The van der Waals surface area contributed by atoms with E-state index in [1.807, 2.05) is 18.2 Å². The minimum atomic E-state index is -1.45. The summed E-state index contributed by atoms with van der Waals surface area (Å²) in [5, 5.41) is 21.5. The molecule has 1 aromatic heterocycles. The number of aromatic nitrogens is 1. The van der Waals surface area contributed by atoms with Crippen LogP contribution in [0, 0.1) is 16.7 Å². The Labute approximate surface area is 245 Å². The van der Waals surface area contributed by atoms with E-state index in [0.29, 0.717) is 11.4 Å². The zero-order valence-corrected chi connectivity index (χ0v) is 24.8. The van der Waals surface area contributed by atoms with E-state index in [-0.39, 0.29) is 30.7 Å². The number of carbonyl (C=O) groups is 3. The van der Waals surface area contributed by atoms with E-state index < -0.39 is 47.3 Å². The monoisotopic (exact) mass is 583 g/mol. The van der Waals surface area contributed by atoms with Crippen LogP contribution in [0.2, 0.25) is 0 Å². The number of ether oxygens (including phenoxy) is 3. The Balaban J connectivity index is 1.87. The second kappa shape index (κ2) is 13.4. The van der Waals surface area contributed by atoms with E-state index in [0.717, 1.165) is 11.9 Å². The number of esters is 2. The second-order valence-corrected chi connectivity index (χ2v) is 11.8. The van der Waals surface area contributed by atoms with E-state index in [1.165, 1.54) is 0 Å². The number of amidine groups is 1. The SMILES string of the molecule is CC(C)C(=O)N/C(=N/C=N)c1ccc([C@]2(C)O[C@H](COC(=O)Cc3ccccc3)[C@@H](OC(=O)[C@@H](N)C(C)(C)C)[C@H]2O)[nH]1. The smallest absolute Gasteiger partial charge is 0.323 e. The molecular weight excluding hydrogens is 542 g/mol. The fourth-order valence-corrected chi connectivity index (χ4v) is 4.33. The number of hydrogen-bond donors (Lipinski definition) is 5. The third-order valence-electron chi connectivity index (χ3n) is 7.11. The molecule has 1 aliphatic rings. The number of rotatable bonds is 10. The molecule has 1 aliphatic heterocycles. The molecular formula is C30H41N5O7. The molecule has 1 amide bonds. The summed E-state index contributed by atoms with van der Waals surface area (Å²) < 4.78 is 17.4. The van der Waals surface area contributed by atoms with Gasteiger partial charge in [0, 0.05) is 5.92 Å². The summed E-state index contributed by atoms with van der Waals surface area (Å²) in [6.07, 6.45) is -2.81. The Morgan fingerprint density at radius 3 is 2.48 bits per heavy atom. The van der Waals surface area contributed by atoms with Gasteiger partial charge in [-0.2, -0.15) is 0 Å². The van der Waals surface area contributed by atoms with E-state index in [9.17, 15) is 19.5 Å². The normalized spacial score (nSPS) is 23.4. The highest BCUT2D eigenvalue weighted by Crippen LogP contribution is 2.41. The minimum Gasteiger partial charge on any atom is -0.463 e. The summed E-state index contributed by atoms with van der Waals surface area (Å²) in [4.78, 5) is 44.9. The van der Waals surface area contributed by atoms with Gasteiger partial charge in [-0.15, -0.1) is 0 Å². The van der Waals surface area contributed by atoms with Crippen molar-refractivity contribution in [1.29, 1.82) is 5.41 Å². The van der Waals surface area contributed by atoms with Gasteiger partial charge < -0.3 is 35.4 Å². The molecule has 0 unspecified atom stereocenters. The Kier molecular flexibility index (Phi) is 10.4. The van der Waals surface area contributed by atoms with Gasteiger partial charge in [0.2, 0.25) is 5.91 Å². The van der Waals surface area contributed by atoms with Gasteiger partial charge in [0.15, 0.2) is 11.9 Å². The quantitative estimate of drug-likeness (QED) is 0.160. The first-order valence-corrected chi connectivity index (χ1v) is 13.8. The minimum absolute atomic E-state index is 0.0317. The Hall–Kier alpha value is -3.87. The zero-order chi connectivity index (χ0) is 31.2. The van der Waals surface area contributed by atoms with Gasteiger partial charge in [-0.1, -0.05) is 65.0 Å². The number of aliphatic hydroxyl groups is 1. The van der Waals surface area contributed by atoms with Gasteiger partial charge in [-0.3, -0.25) is 19.8 Å². The van der Waals surface area contributed by atoms with Crippen LogP contribution in [0.4, 0.5) is 0 Å². The third-order valence-corrected chi connectivity index (χ3v) is 7.11. The molecule has 42 heavy (non-hydrogen) atoms. The Morgan fingerprint density at radius 1 is 1.21 bits per heavy atom. The molecule has 3 rings (SSSR count). The molecule has 1 fully saturated rings. The summed E-state index contributed by atoms with van der Waals surface area (Å²) in [7, 11) is 0. The molecule has 0 spiro atoms. The molecule has 12 nitrogen and oxygen atoms in total. The van der Waals surface area contributed by atoms with Crippen LogP contribution in [0.15, 0.2) is 47.5 Å². The summed E-state index contributed by atoms with van der Waals surface area (Å²) in [6, 6.07) is 11.3. The number of aromatic amines is 1. The summed E-state index contributed by atoms with van der Waals surface area (Å²) in [5.41, 5.74) is 5.56. The van der Waals surface area contributed by atoms with Crippen LogP contribution >= 0.6 is 0 Å². The van der Waals surface area contributed by atoms with Crippen molar-refractivity contribution in [3.05, 3.63) is 59.4 Å². The lowest BCUT2D eigenvalue weighted by atomic mass is 9.87. The zero-order valence-electron chi connectivity index (χ0n) is 24.8. The predicted molar refractivity (Wildman–Crippen MR) is 156 cm³/mol. The van der Waals surface area contributed by atoms with E-state index in [2.05, 4.69) is 15.3 Å². The van der Waals surface area contributed by atoms with Gasteiger partial charge >= 0.3 is 11.9 Å². The maximum Gasteiger partial charge on any atom is 0.323 e. The van der Waals surface area contributed by atoms with Crippen LogP contribution in [0.3, 0.4) is 0 Å². The van der Waals surface area contributed by atoms with Crippen molar-refractivity contribution in [3.8, 4) is 0 Å². The maximum atomic E-state index is 13.0. The standard InChI is InChI=1S/C30H41N5O7/c1-17(2)27(38)35-26(33-16-31)19-12-13-21(34-19)30(6)25(37)23(41-28(39)24(32)29(3,4)5)20(42-30)15-40-22(36)14-18-10-8-7-9-11-18/h7-13,16-17,20,23-25,34,37H,14-15,32H2,1-6H3,(H2,31,33,35,38)/t20-,23-,24-,25-,30+/m1/s1. The number of aliphatic imine (C=N–C) groups is 1. The lowest BCUT2D eigenvalue weighted by Crippen LogP contribution is -2.48. The van der Waals surface area contributed by atoms with E-state index in [1.54, 1.807) is 65.8 Å². The van der Waals surface area contributed by atoms with Crippen molar-refractivity contribution >= 4 is 30.0 Å². The number of benzene rings is 1. The van der Waals surface area contributed by atoms with E-state index >= 15 is 0 Å². The molecule has 228 valence electrons. The van der Waals surface area contributed by atoms with Crippen LogP contribution in [-0.4, -0.2) is 71.1 Å². The second-order valence-electron chi connectivity index (χ2n) is 11.8. The van der Waals surface area contributed by atoms with Crippen LogP contribution in [0.5, 0.6) is 0 Å². The van der Waals surface area contributed by atoms with Crippen molar-refractivity contribution in [2.75, 3.05) is 6.61 Å². The molecule has 0 aliphatic carbocycles. The first-order valence-electron chi connectivity index (χ1n) is 13.8. The molecule has 0 bridgehead atoms. The first-order chi connectivity index (χ1) is 19.7. The predicted octanol–water partition coefficient (Wildman–Crippen LogP) is 2.19. The third kappa shape index (κ3) is 7.69. The highest BCUT2D eigenvalue weighted by molar-refractivity contribution is 6.09. The van der Waals surface area contributed by atoms with Gasteiger partial charge in [0.25, 0.3) is 0 Å². The molecule has 1 saturated heterocycles. The number of nitrogens with zero attached hydrogens (tertiary/aromatic N) is 1. The molecule has 2 aromatic rings. The van der Waals surface area contributed by atoms with Crippen LogP contribution in [0.25, 0.3) is 0 Å². The fraction of sp³-hybridized carbons (Fsp3) is 0.500. The van der Waals surface area contributed by atoms with Gasteiger partial charge in [-0.05, 0) is 30.0 Å². The van der Waals surface area contributed by atoms with Gasteiger partial charge in [0.05, 0.1) is 17.8 Å². The number of hydrogen-bond acceptors (Lipinski definition) is 9. The summed E-state index contributed by atoms with van der Waals surface area (Å²) >= 11 is 0. The van der Waals surface area contributed by atoms with Gasteiger partial charge in [-0.25, -0.2) is 4.99 Å². The number of aliphatic hydroxyl groups excluding tert-OH is 1. The lowest BCUT2D eigenvalue weighted by Gasteiger charge is -2.29. The number of amides is 1. The fourth-order valence-electron chi connectivity index (χ4n) is 4.33. The number of nitrogens with one attached hydrogen (secondary N) is 3.